The lowest BCUT2D eigenvalue weighted by atomic mass is 10.2. The third kappa shape index (κ3) is 5.09. The summed E-state index contributed by atoms with van der Waals surface area (Å²) in [5.74, 6) is 1.76. The maximum absolute atomic E-state index is 12.7. The zero-order chi connectivity index (χ0) is 24.9. The molecule has 1 saturated heterocycles. The molecule has 2 aromatic heterocycles. The van der Waals surface area contributed by atoms with Crippen molar-refractivity contribution in [2.45, 2.75) is 33.3 Å². The van der Waals surface area contributed by atoms with Crippen LogP contribution in [0.4, 0.5) is 5.82 Å². The number of aryl methyl sites for hydroxylation is 2. The largest absolute Gasteiger partial charge is 0.367 e. The van der Waals surface area contributed by atoms with E-state index in [1.807, 2.05) is 77.2 Å². The van der Waals surface area contributed by atoms with Crippen LogP contribution in [0.1, 0.15) is 30.4 Å². The Kier molecular flexibility index (Phi) is 7.23. The van der Waals surface area contributed by atoms with Gasteiger partial charge in [0.1, 0.15) is 18.2 Å². The predicted octanol–water partition coefficient (Wildman–Crippen LogP) is 3.94. The highest BCUT2D eigenvalue weighted by Crippen LogP contribution is 2.30. The van der Waals surface area contributed by atoms with Gasteiger partial charge in [0.05, 0.1) is 23.4 Å². The quantitative estimate of drug-likeness (QED) is 0.377. The predicted molar refractivity (Wildman–Crippen MR) is 140 cm³/mol. The third-order valence-corrected chi connectivity index (χ3v) is 6.47. The smallest absolute Gasteiger partial charge is 0.248 e. The Morgan fingerprint density at radius 2 is 1.64 bits per heavy atom. The number of amides is 1. The van der Waals surface area contributed by atoms with Gasteiger partial charge in [-0.1, -0.05) is 55.5 Å². The standard InChI is InChI=1S/C28H32N6O2/c1-3-10-24-29-27(26-21(2)31-34(28(26)30-24)23-13-8-5-9-14-23)33-17-15-32(16-18-33)25(35)20-36-19-22-11-6-4-7-12-22/h4-9,11-14H,3,10,15-20H2,1-2H3. The van der Waals surface area contributed by atoms with Crippen LogP contribution in [0.3, 0.4) is 0 Å². The van der Waals surface area contributed by atoms with Crippen LogP contribution in [0.2, 0.25) is 0 Å². The molecule has 1 aliphatic rings. The van der Waals surface area contributed by atoms with Crippen molar-refractivity contribution in [3.8, 4) is 5.69 Å². The van der Waals surface area contributed by atoms with E-state index in [-0.39, 0.29) is 12.5 Å². The molecule has 0 bridgehead atoms. The van der Waals surface area contributed by atoms with Crippen molar-refractivity contribution in [2.75, 3.05) is 37.7 Å². The minimum atomic E-state index is 0.0261. The summed E-state index contributed by atoms with van der Waals surface area (Å²) in [6, 6.07) is 20.0. The van der Waals surface area contributed by atoms with E-state index in [2.05, 4.69) is 11.8 Å². The van der Waals surface area contributed by atoms with E-state index >= 15 is 0 Å². The average Bonchev–Trinajstić information content (AvgIpc) is 3.26. The van der Waals surface area contributed by atoms with E-state index in [1.54, 1.807) is 0 Å². The fraction of sp³-hybridized carbons (Fsp3) is 0.357. The molecule has 36 heavy (non-hydrogen) atoms. The number of nitrogens with zero attached hydrogens (tertiary/aromatic N) is 6. The lowest BCUT2D eigenvalue weighted by Crippen LogP contribution is -2.50. The second-order valence-electron chi connectivity index (χ2n) is 9.09. The van der Waals surface area contributed by atoms with Gasteiger partial charge in [-0.05, 0) is 31.0 Å². The van der Waals surface area contributed by atoms with Crippen LogP contribution in [0.5, 0.6) is 0 Å². The van der Waals surface area contributed by atoms with Crippen LogP contribution >= 0.6 is 0 Å². The van der Waals surface area contributed by atoms with E-state index in [0.717, 1.165) is 52.5 Å². The molecule has 0 aliphatic carbocycles. The van der Waals surface area contributed by atoms with Crippen molar-refractivity contribution in [3.63, 3.8) is 0 Å². The number of piperazine rings is 1. The molecule has 3 heterocycles. The second-order valence-corrected chi connectivity index (χ2v) is 9.09. The topological polar surface area (TPSA) is 76.4 Å². The number of hydrogen-bond acceptors (Lipinski definition) is 6. The molecular formula is C28H32N6O2. The van der Waals surface area contributed by atoms with Gasteiger partial charge in [-0.25, -0.2) is 14.6 Å². The zero-order valence-corrected chi connectivity index (χ0v) is 20.9. The number of anilines is 1. The molecule has 186 valence electrons. The third-order valence-electron chi connectivity index (χ3n) is 6.47. The van der Waals surface area contributed by atoms with Crippen molar-refractivity contribution in [1.82, 2.24) is 24.6 Å². The lowest BCUT2D eigenvalue weighted by molar-refractivity contribution is -0.136. The first-order valence-corrected chi connectivity index (χ1v) is 12.6. The van der Waals surface area contributed by atoms with Crippen LogP contribution in [0, 0.1) is 6.92 Å². The van der Waals surface area contributed by atoms with E-state index in [0.29, 0.717) is 32.8 Å². The number of aromatic nitrogens is 4. The lowest BCUT2D eigenvalue weighted by Gasteiger charge is -2.35. The summed E-state index contributed by atoms with van der Waals surface area (Å²) in [6.07, 6.45) is 1.77. The highest BCUT2D eigenvalue weighted by Gasteiger charge is 2.26. The van der Waals surface area contributed by atoms with Gasteiger partial charge in [0, 0.05) is 32.6 Å². The Hall–Kier alpha value is -3.78. The first kappa shape index (κ1) is 23.9. The average molecular weight is 485 g/mol. The first-order chi connectivity index (χ1) is 17.6. The fourth-order valence-corrected chi connectivity index (χ4v) is 4.61. The first-order valence-electron chi connectivity index (χ1n) is 12.6. The Labute approximate surface area is 211 Å². The SMILES string of the molecule is CCCc1nc(N2CCN(C(=O)COCc3ccccc3)CC2)c2c(C)nn(-c3ccccc3)c2n1. The van der Waals surface area contributed by atoms with E-state index in [4.69, 9.17) is 19.8 Å². The van der Waals surface area contributed by atoms with Crippen LogP contribution in [-0.2, 0) is 22.6 Å². The Morgan fingerprint density at radius 3 is 2.33 bits per heavy atom. The molecule has 0 atom stereocenters. The molecule has 1 fully saturated rings. The van der Waals surface area contributed by atoms with Gasteiger partial charge in [0.15, 0.2) is 5.65 Å². The van der Waals surface area contributed by atoms with Gasteiger partial charge in [-0.2, -0.15) is 5.10 Å². The van der Waals surface area contributed by atoms with Crippen LogP contribution in [0.25, 0.3) is 16.7 Å². The molecule has 0 saturated carbocycles. The van der Waals surface area contributed by atoms with Crippen LogP contribution in [0.15, 0.2) is 60.7 Å². The number of carbonyl (C=O) groups excluding carboxylic acids is 1. The molecule has 2 aromatic carbocycles. The van der Waals surface area contributed by atoms with Crippen molar-refractivity contribution >= 4 is 22.8 Å². The summed E-state index contributed by atoms with van der Waals surface area (Å²) in [5, 5.41) is 5.80. The van der Waals surface area contributed by atoms with Gasteiger partial charge < -0.3 is 14.5 Å². The highest BCUT2D eigenvalue weighted by atomic mass is 16.5. The molecule has 8 heteroatoms. The molecule has 0 spiro atoms. The number of fused-ring (bicyclic) bond motifs is 1. The van der Waals surface area contributed by atoms with Crippen molar-refractivity contribution < 1.29 is 9.53 Å². The summed E-state index contributed by atoms with van der Waals surface area (Å²) in [6.45, 7) is 7.36. The highest BCUT2D eigenvalue weighted by molar-refractivity contribution is 5.91. The molecule has 4 aromatic rings. The van der Waals surface area contributed by atoms with Crippen LogP contribution in [-0.4, -0.2) is 63.3 Å². The van der Waals surface area contributed by atoms with Gasteiger partial charge in [0.2, 0.25) is 5.91 Å². The number of rotatable bonds is 8. The summed E-state index contributed by atoms with van der Waals surface area (Å²) in [5.41, 5.74) is 3.78. The summed E-state index contributed by atoms with van der Waals surface area (Å²) in [4.78, 5) is 26.8. The van der Waals surface area contributed by atoms with Crippen molar-refractivity contribution in [2.24, 2.45) is 0 Å². The summed E-state index contributed by atoms with van der Waals surface area (Å²) < 4.78 is 7.59. The molecule has 1 aliphatic heterocycles. The maximum atomic E-state index is 12.7. The maximum Gasteiger partial charge on any atom is 0.248 e. The van der Waals surface area contributed by atoms with Crippen molar-refractivity contribution in [1.29, 1.82) is 0 Å². The number of hydrogen-bond donors (Lipinski definition) is 0. The molecule has 0 radical (unpaired) electrons. The fourth-order valence-electron chi connectivity index (χ4n) is 4.61. The zero-order valence-electron chi connectivity index (χ0n) is 20.9. The molecule has 0 N–H and O–H groups in total. The van der Waals surface area contributed by atoms with E-state index in [1.165, 1.54) is 0 Å². The molecule has 0 unspecified atom stereocenters. The van der Waals surface area contributed by atoms with E-state index in [9.17, 15) is 4.79 Å². The minimum Gasteiger partial charge on any atom is -0.367 e. The van der Waals surface area contributed by atoms with Crippen molar-refractivity contribution in [3.05, 3.63) is 77.7 Å². The molecule has 8 nitrogen and oxygen atoms in total. The molecule has 5 rings (SSSR count). The Balaban J connectivity index is 1.32. The second kappa shape index (κ2) is 10.9. The minimum absolute atomic E-state index is 0.0261. The normalized spacial score (nSPS) is 13.9. The monoisotopic (exact) mass is 484 g/mol. The number of ether oxygens (including phenoxy) is 1. The van der Waals surface area contributed by atoms with Gasteiger partial charge in [-0.3, -0.25) is 4.79 Å². The van der Waals surface area contributed by atoms with Crippen LogP contribution < -0.4 is 4.90 Å². The van der Waals surface area contributed by atoms with Gasteiger partial charge in [-0.15, -0.1) is 0 Å². The van der Waals surface area contributed by atoms with Gasteiger partial charge in [0.25, 0.3) is 0 Å². The number of benzene rings is 2. The summed E-state index contributed by atoms with van der Waals surface area (Å²) >= 11 is 0. The number of carbonyl (C=O) groups is 1. The molecule has 1 amide bonds. The van der Waals surface area contributed by atoms with Gasteiger partial charge >= 0.3 is 0 Å². The Bertz CT molecular complexity index is 1310. The van der Waals surface area contributed by atoms with E-state index < -0.39 is 0 Å². The molecular weight excluding hydrogens is 452 g/mol. The number of para-hydroxylation sites is 1. The Morgan fingerprint density at radius 1 is 0.944 bits per heavy atom. The summed E-state index contributed by atoms with van der Waals surface area (Å²) in [7, 11) is 0.